The average Bonchev–Trinajstić information content (AvgIpc) is 2.86. The van der Waals surface area contributed by atoms with Crippen molar-refractivity contribution < 1.29 is 143 Å². The molecular formula is C19H14F26O6. The predicted octanol–water partition coefficient (Wildman–Crippen LogP) is 8.35. The zero-order valence-electron chi connectivity index (χ0n) is 23.2. The molecular weight excluding hydrogens is 818 g/mol. The van der Waals surface area contributed by atoms with Crippen LogP contribution in [0.4, 0.5) is 114 Å². The quantitative estimate of drug-likeness (QED) is 0.102. The molecule has 4 unspecified atom stereocenters. The van der Waals surface area contributed by atoms with E-state index in [4.69, 9.17) is 0 Å². The highest BCUT2D eigenvalue weighted by atomic mass is 19.4. The van der Waals surface area contributed by atoms with Crippen LogP contribution in [0, 0.1) is 0 Å². The standard InChI is InChI=1S/C19H14F26O6/c20-9(15(33,34)35,48-4-8(12(27,28)29)50-18(42,43)13(30,31)16(36,37)38)5-47-2-1-46-3-7(11(24,25)26)51-19(44,45)14(32,17(39,40)41)49-6-10(21,22)23/h7-8H,1-6H2. The Morgan fingerprint density at radius 1 is 0.392 bits per heavy atom. The van der Waals surface area contributed by atoms with Gasteiger partial charge in [-0.1, -0.05) is 0 Å². The molecule has 0 N–H and O–H groups in total. The molecule has 0 fully saturated rings. The molecule has 0 saturated carbocycles. The van der Waals surface area contributed by atoms with E-state index in [2.05, 4.69) is 28.4 Å². The first kappa shape index (κ1) is 48.9. The lowest BCUT2D eigenvalue weighted by Crippen LogP contribution is -2.61. The summed E-state index contributed by atoms with van der Waals surface area (Å²) in [5, 5.41) is 0. The van der Waals surface area contributed by atoms with Gasteiger partial charge in [-0.3, -0.25) is 4.74 Å². The average molecular weight is 832 g/mol. The normalized spacial score (nSPS) is 18.7. The van der Waals surface area contributed by atoms with Crippen molar-refractivity contribution in [2.75, 3.05) is 39.6 Å². The van der Waals surface area contributed by atoms with E-state index >= 15 is 0 Å². The van der Waals surface area contributed by atoms with Gasteiger partial charge in [-0.15, -0.1) is 0 Å². The minimum absolute atomic E-state index is 1.74. The van der Waals surface area contributed by atoms with Gasteiger partial charge in [0.1, 0.15) is 13.2 Å². The maximum absolute atomic E-state index is 14.3. The molecule has 32 heteroatoms. The van der Waals surface area contributed by atoms with E-state index in [0.717, 1.165) is 0 Å². The fourth-order valence-electron chi connectivity index (χ4n) is 2.50. The van der Waals surface area contributed by atoms with Crippen LogP contribution in [0.1, 0.15) is 0 Å². The fourth-order valence-corrected chi connectivity index (χ4v) is 2.50. The van der Waals surface area contributed by atoms with Crippen molar-refractivity contribution in [3.05, 3.63) is 0 Å². The molecule has 6 nitrogen and oxygen atoms in total. The van der Waals surface area contributed by atoms with Gasteiger partial charge >= 0.3 is 66.9 Å². The van der Waals surface area contributed by atoms with Gasteiger partial charge in [0.2, 0.25) is 0 Å². The van der Waals surface area contributed by atoms with E-state index in [1.807, 2.05) is 0 Å². The summed E-state index contributed by atoms with van der Waals surface area (Å²) < 4.78 is 354. The molecule has 4 atom stereocenters. The second-order valence-electron chi connectivity index (χ2n) is 9.06. The zero-order chi connectivity index (χ0) is 41.1. The van der Waals surface area contributed by atoms with Gasteiger partial charge in [-0.25, -0.2) is 0 Å². The van der Waals surface area contributed by atoms with Crippen LogP contribution in [0.15, 0.2) is 0 Å². The van der Waals surface area contributed by atoms with E-state index in [1.54, 1.807) is 0 Å². The SMILES string of the molecule is FC(F)(F)COC(F)(C(F)(F)F)C(F)(F)OC(COCCOCC(F)(OCC(OC(F)(F)C(F)(F)C(F)(F)F)C(F)(F)F)C(F)(F)F)C(F)(F)F. The second kappa shape index (κ2) is 15.7. The van der Waals surface area contributed by atoms with Crippen molar-refractivity contribution in [2.24, 2.45) is 0 Å². The van der Waals surface area contributed by atoms with Crippen molar-refractivity contribution in [3.8, 4) is 0 Å². The molecule has 0 aromatic heterocycles. The van der Waals surface area contributed by atoms with Crippen LogP contribution < -0.4 is 0 Å². The number of hydrogen-bond donors (Lipinski definition) is 0. The van der Waals surface area contributed by atoms with Crippen molar-refractivity contribution in [3.63, 3.8) is 0 Å². The van der Waals surface area contributed by atoms with Crippen molar-refractivity contribution in [1.29, 1.82) is 0 Å². The Balaban J connectivity index is 5.69. The highest BCUT2D eigenvalue weighted by Gasteiger charge is 2.77. The van der Waals surface area contributed by atoms with Crippen LogP contribution in [0.25, 0.3) is 0 Å². The Morgan fingerprint density at radius 2 is 0.804 bits per heavy atom. The van der Waals surface area contributed by atoms with Crippen LogP contribution in [-0.2, 0) is 28.4 Å². The maximum atomic E-state index is 14.3. The smallest absolute Gasteiger partial charge is 0.376 e. The highest BCUT2D eigenvalue weighted by molar-refractivity contribution is 4.90. The topological polar surface area (TPSA) is 55.4 Å². The number of hydrogen-bond acceptors (Lipinski definition) is 6. The molecule has 51 heavy (non-hydrogen) atoms. The summed E-state index contributed by atoms with van der Waals surface area (Å²) in [5.41, 5.74) is 0. The first-order valence-corrected chi connectivity index (χ1v) is 11.8. The van der Waals surface area contributed by atoms with E-state index in [-0.39, 0.29) is 0 Å². The summed E-state index contributed by atoms with van der Waals surface area (Å²) in [6.45, 7) is -15.7. The zero-order valence-corrected chi connectivity index (χ0v) is 23.2. The molecule has 0 spiro atoms. The van der Waals surface area contributed by atoms with Gasteiger partial charge in [0, 0.05) is 0 Å². The van der Waals surface area contributed by atoms with Crippen LogP contribution in [0.3, 0.4) is 0 Å². The predicted molar refractivity (Wildman–Crippen MR) is 102 cm³/mol. The number of ether oxygens (including phenoxy) is 6. The largest absolute Gasteiger partial charge is 0.462 e. The molecule has 0 aromatic rings. The molecule has 0 aliphatic carbocycles. The fraction of sp³-hybridized carbons (Fsp3) is 1.00. The first-order valence-electron chi connectivity index (χ1n) is 11.8. The monoisotopic (exact) mass is 832 g/mol. The first-order chi connectivity index (χ1) is 22.1. The minimum Gasteiger partial charge on any atom is -0.376 e. The molecule has 308 valence electrons. The lowest BCUT2D eigenvalue weighted by atomic mass is 10.2. The molecule has 0 aliphatic heterocycles. The third kappa shape index (κ3) is 13.1. The summed E-state index contributed by atoms with van der Waals surface area (Å²) in [4.78, 5) is 0. The Labute approximate surface area is 262 Å². The Kier molecular flexibility index (Phi) is 15.1. The highest BCUT2D eigenvalue weighted by Crippen LogP contribution is 2.50. The minimum atomic E-state index is -7.44. The molecule has 0 radical (unpaired) electrons. The second-order valence-corrected chi connectivity index (χ2v) is 9.06. The Bertz CT molecular complexity index is 1080. The summed E-state index contributed by atoms with van der Waals surface area (Å²) >= 11 is 0. The Morgan fingerprint density at radius 3 is 1.18 bits per heavy atom. The molecule has 0 aliphatic rings. The van der Waals surface area contributed by atoms with Crippen molar-refractivity contribution in [2.45, 2.75) is 79.1 Å². The molecule has 0 heterocycles. The molecule has 0 amide bonds. The van der Waals surface area contributed by atoms with E-state index in [0.29, 0.717) is 0 Å². The maximum Gasteiger partial charge on any atom is 0.462 e. The van der Waals surface area contributed by atoms with Crippen molar-refractivity contribution >= 4 is 0 Å². The molecule has 0 bridgehead atoms. The van der Waals surface area contributed by atoms with Crippen molar-refractivity contribution in [1.82, 2.24) is 0 Å². The lowest BCUT2D eigenvalue weighted by Gasteiger charge is -2.36. The van der Waals surface area contributed by atoms with Crippen LogP contribution in [-0.4, -0.2) is 119 Å². The van der Waals surface area contributed by atoms with E-state index < -0.39 is 119 Å². The van der Waals surface area contributed by atoms with Gasteiger partial charge < -0.3 is 23.7 Å². The summed E-state index contributed by atoms with van der Waals surface area (Å²) in [6, 6.07) is 0. The number of alkyl halides is 26. The van der Waals surface area contributed by atoms with Gasteiger partial charge in [-0.2, -0.15) is 114 Å². The van der Waals surface area contributed by atoms with Gasteiger partial charge in [0.25, 0.3) is 0 Å². The lowest BCUT2D eigenvalue weighted by molar-refractivity contribution is -0.481. The number of halogens is 26. The summed E-state index contributed by atoms with van der Waals surface area (Å²) in [7, 11) is 0. The molecule has 0 aromatic carbocycles. The summed E-state index contributed by atoms with van der Waals surface area (Å²) in [5.74, 6) is -20.1. The summed E-state index contributed by atoms with van der Waals surface area (Å²) in [6.07, 6.45) is -63.7. The van der Waals surface area contributed by atoms with Crippen LogP contribution in [0.5, 0.6) is 0 Å². The third-order valence-electron chi connectivity index (χ3n) is 5.02. The van der Waals surface area contributed by atoms with Gasteiger partial charge in [0.15, 0.2) is 12.2 Å². The van der Waals surface area contributed by atoms with Crippen LogP contribution >= 0.6 is 0 Å². The van der Waals surface area contributed by atoms with E-state index in [1.165, 1.54) is 0 Å². The Hall–Kier alpha value is -2.06. The number of rotatable bonds is 18. The van der Waals surface area contributed by atoms with Gasteiger partial charge in [0.05, 0.1) is 26.4 Å². The molecule has 0 rings (SSSR count). The third-order valence-corrected chi connectivity index (χ3v) is 5.02. The van der Waals surface area contributed by atoms with Gasteiger partial charge in [-0.05, 0) is 0 Å². The van der Waals surface area contributed by atoms with E-state index in [9.17, 15) is 114 Å². The molecule has 0 saturated heterocycles. The van der Waals surface area contributed by atoms with Crippen LogP contribution in [0.2, 0.25) is 0 Å².